The number of methoxy groups -OCH3 is 1. The predicted molar refractivity (Wildman–Crippen MR) is 112 cm³/mol. The Morgan fingerprint density at radius 3 is 2.34 bits per heavy atom. The first-order chi connectivity index (χ1) is 13.8. The number of amides is 1. The number of nitrogens with one attached hydrogen (secondary N) is 1. The summed E-state index contributed by atoms with van der Waals surface area (Å²) in [6.45, 7) is 1.77. The van der Waals surface area contributed by atoms with E-state index in [1.54, 1.807) is 43.5 Å². The van der Waals surface area contributed by atoms with E-state index in [0.29, 0.717) is 22.9 Å². The minimum atomic E-state index is -3.98. The van der Waals surface area contributed by atoms with E-state index < -0.39 is 16.1 Å². The van der Waals surface area contributed by atoms with E-state index in [9.17, 15) is 13.2 Å². The average Bonchev–Trinajstić information content (AvgIpc) is 2.69. The number of benzene rings is 2. The van der Waals surface area contributed by atoms with Gasteiger partial charge in [0.1, 0.15) is 5.75 Å². The summed E-state index contributed by atoms with van der Waals surface area (Å²) < 4.78 is 33.3. The topological polar surface area (TPSA) is 88.1 Å². The molecule has 0 aromatic heterocycles. The lowest BCUT2D eigenvalue weighted by molar-refractivity contribution is -0.122. The molecule has 0 bridgehead atoms. The number of nitrogens with zero attached hydrogens (tertiary/aromatic N) is 2. The second-order valence-corrected chi connectivity index (χ2v) is 8.43. The number of allylic oxidation sites excluding steroid dienone is 1. The highest BCUT2D eigenvalue weighted by Gasteiger charge is 2.35. The molecule has 1 aliphatic rings. The third-order valence-corrected chi connectivity index (χ3v) is 6.02. The number of rotatable bonds is 6. The quantitative estimate of drug-likeness (QED) is 0.709. The van der Waals surface area contributed by atoms with Gasteiger partial charge in [-0.25, -0.2) is 4.31 Å². The summed E-state index contributed by atoms with van der Waals surface area (Å²) in [5, 5.41) is 0.627. The van der Waals surface area contributed by atoms with Gasteiger partial charge >= 0.3 is 10.2 Å². The van der Waals surface area contributed by atoms with Crippen LogP contribution in [0.25, 0.3) is 0 Å². The van der Waals surface area contributed by atoms with Crippen molar-refractivity contribution in [2.75, 3.05) is 7.11 Å². The first-order valence-electron chi connectivity index (χ1n) is 8.73. The number of ether oxygens (including phenoxy) is 1. The Morgan fingerprint density at radius 2 is 1.72 bits per heavy atom. The molecule has 152 valence electrons. The molecule has 2 aromatic carbocycles. The SMILES string of the molecule is COc1ccc(CN2C(=O)C(C=NCc3ccc(Cl)cc3)=C(C)NS2(=O)=O)cc1. The van der Waals surface area contributed by atoms with Crippen LogP contribution in [0.15, 0.2) is 64.8 Å². The number of halogens is 1. The predicted octanol–water partition coefficient (Wildman–Crippen LogP) is 3.07. The first-order valence-corrected chi connectivity index (χ1v) is 10.5. The molecule has 2 aromatic rings. The molecule has 1 N–H and O–H groups in total. The minimum Gasteiger partial charge on any atom is -0.497 e. The summed E-state index contributed by atoms with van der Waals surface area (Å²) in [4.78, 5) is 17.2. The molecule has 0 spiro atoms. The molecule has 0 saturated carbocycles. The summed E-state index contributed by atoms with van der Waals surface area (Å²) in [5.41, 5.74) is 2.01. The Morgan fingerprint density at radius 1 is 1.10 bits per heavy atom. The van der Waals surface area contributed by atoms with E-state index in [4.69, 9.17) is 16.3 Å². The highest BCUT2D eigenvalue weighted by Crippen LogP contribution is 2.21. The summed E-state index contributed by atoms with van der Waals surface area (Å²) in [7, 11) is -2.44. The lowest BCUT2D eigenvalue weighted by Crippen LogP contribution is -2.48. The van der Waals surface area contributed by atoms with Gasteiger partial charge < -0.3 is 4.74 Å². The fourth-order valence-corrected chi connectivity index (χ4v) is 4.11. The number of aliphatic imine (C=N–C) groups is 1. The zero-order valence-electron chi connectivity index (χ0n) is 15.9. The highest BCUT2D eigenvalue weighted by molar-refractivity contribution is 7.87. The molecule has 0 aliphatic carbocycles. The minimum absolute atomic E-state index is 0.0973. The van der Waals surface area contributed by atoms with Crippen LogP contribution in [0.2, 0.25) is 5.02 Å². The van der Waals surface area contributed by atoms with Crippen LogP contribution in [0.1, 0.15) is 18.1 Å². The third kappa shape index (κ3) is 4.96. The number of carbonyl (C=O) groups is 1. The molecule has 1 amide bonds. The first kappa shape index (κ1) is 20.9. The second-order valence-electron chi connectivity index (χ2n) is 6.40. The van der Waals surface area contributed by atoms with Crippen LogP contribution in [-0.2, 0) is 28.1 Å². The maximum atomic E-state index is 12.9. The van der Waals surface area contributed by atoms with Gasteiger partial charge in [-0.05, 0) is 42.3 Å². The average molecular weight is 434 g/mol. The molecule has 1 aliphatic heterocycles. The Kier molecular flexibility index (Phi) is 6.24. The fourth-order valence-electron chi connectivity index (χ4n) is 2.75. The zero-order valence-corrected chi connectivity index (χ0v) is 17.5. The largest absolute Gasteiger partial charge is 0.497 e. The molecule has 9 heteroatoms. The second kappa shape index (κ2) is 8.67. The maximum Gasteiger partial charge on any atom is 0.326 e. The van der Waals surface area contributed by atoms with Crippen molar-refractivity contribution in [3.05, 3.63) is 76.0 Å². The van der Waals surface area contributed by atoms with Crippen LogP contribution >= 0.6 is 11.6 Å². The van der Waals surface area contributed by atoms with Gasteiger partial charge in [0, 0.05) is 16.9 Å². The van der Waals surface area contributed by atoms with Crippen LogP contribution in [0.5, 0.6) is 5.75 Å². The molecule has 0 saturated heterocycles. The Bertz CT molecular complexity index is 1060. The molecule has 29 heavy (non-hydrogen) atoms. The van der Waals surface area contributed by atoms with Gasteiger partial charge in [-0.15, -0.1) is 0 Å². The lowest BCUT2D eigenvalue weighted by atomic mass is 10.2. The summed E-state index contributed by atoms with van der Waals surface area (Å²) in [6, 6.07) is 14.0. The van der Waals surface area contributed by atoms with Crippen molar-refractivity contribution in [3.8, 4) is 5.75 Å². The molecule has 1 heterocycles. The van der Waals surface area contributed by atoms with Crippen LogP contribution in [-0.4, -0.2) is 32.0 Å². The molecule has 0 atom stereocenters. The van der Waals surface area contributed by atoms with Crippen LogP contribution in [0.4, 0.5) is 0 Å². The van der Waals surface area contributed by atoms with E-state index in [1.807, 2.05) is 12.1 Å². The highest BCUT2D eigenvalue weighted by atomic mass is 35.5. The van der Waals surface area contributed by atoms with Crippen molar-refractivity contribution in [2.45, 2.75) is 20.0 Å². The summed E-state index contributed by atoms with van der Waals surface area (Å²) in [6.07, 6.45) is 1.40. The standard InChI is InChI=1S/C20H20ClN3O4S/c1-14-19(12-22-11-15-3-7-17(21)8-4-15)20(25)24(29(26,27)23-14)13-16-5-9-18(28-2)10-6-16/h3-10,12,23H,11,13H2,1-2H3. The van der Waals surface area contributed by atoms with Crippen molar-refractivity contribution < 1.29 is 17.9 Å². The zero-order chi connectivity index (χ0) is 21.0. The van der Waals surface area contributed by atoms with Gasteiger partial charge in [-0.2, -0.15) is 8.42 Å². The van der Waals surface area contributed by atoms with Crippen molar-refractivity contribution in [1.82, 2.24) is 9.03 Å². The van der Waals surface area contributed by atoms with Crippen molar-refractivity contribution in [3.63, 3.8) is 0 Å². The van der Waals surface area contributed by atoms with Gasteiger partial charge in [-0.3, -0.25) is 14.5 Å². The van der Waals surface area contributed by atoms with Gasteiger partial charge in [-0.1, -0.05) is 35.9 Å². The van der Waals surface area contributed by atoms with Crippen molar-refractivity contribution in [1.29, 1.82) is 0 Å². The molecular formula is C20H20ClN3O4S. The van der Waals surface area contributed by atoms with Crippen LogP contribution in [0.3, 0.4) is 0 Å². The summed E-state index contributed by atoms with van der Waals surface area (Å²) in [5.74, 6) is 0.0161. The third-order valence-electron chi connectivity index (χ3n) is 4.33. The van der Waals surface area contributed by atoms with Crippen molar-refractivity contribution >= 4 is 33.9 Å². The Balaban J connectivity index is 1.79. The van der Waals surface area contributed by atoms with Crippen molar-refractivity contribution in [2.24, 2.45) is 4.99 Å². The van der Waals surface area contributed by atoms with E-state index in [-0.39, 0.29) is 17.8 Å². The fraction of sp³-hybridized carbons (Fsp3) is 0.200. The van der Waals surface area contributed by atoms with Crippen LogP contribution < -0.4 is 9.46 Å². The molecule has 0 fully saturated rings. The van der Waals surface area contributed by atoms with Gasteiger partial charge in [0.05, 0.1) is 25.8 Å². The molecule has 3 rings (SSSR count). The lowest BCUT2D eigenvalue weighted by Gasteiger charge is -2.28. The maximum absolute atomic E-state index is 12.9. The van der Waals surface area contributed by atoms with Gasteiger partial charge in [0.2, 0.25) is 0 Å². The van der Waals surface area contributed by atoms with E-state index in [1.165, 1.54) is 13.1 Å². The van der Waals surface area contributed by atoms with Gasteiger partial charge in [0.25, 0.3) is 5.91 Å². The normalized spacial score (nSPS) is 16.2. The number of carbonyl (C=O) groups excluding carboxylic acids is 1. The molecule has 0 unspecified atom stereocenters. The van der Waals surface area contributed by atoms with E-state index >= 15 is 0 Å². The van der Waals surface area contributed by atoms with Gasteiger partial charge in [0.15, 0.2) is 0 Å². The number of hydrogen-bond donors (Lipinski definition) is 1. The smallest absolute Gasteiger partial charge is 0.326 e. The molecular weight excluding hydrogens is 414 g/mol. The Hall–Kier alpha value is -2.84. The summed E-state index contributed by atoms with van der Waals surface area (Å²) >= 11 is 5.86. The molecule has 7 nitrogen and oxygen atoms in total. The molecule has 0 radical (unpaired) electrons. The Labute approximate surface area is 174 Å². The van der Waals surface area contributed by atoms with E-state index in [2.05, 4.69) is 9.71 Å². The monoisotopic (exact) mass is 433 g/mol. The van der Waals surface area contributed by atoms with E-state index in [0.717, 1.165) is 9.87 Å². The van der Waals surface area contributed by atoms with Crippen LogP contribution in [0, 0.1) is 0 Å². The number of hydrogen-bond acceptors (Lipinski definition) is 5.